The van der Waals surface area contributed by atoms with Crippen LogP contribution in [0.1, 0.15) is 0 Å². The number of hydrogen-bond donors (Lipinski definition) is 1. The summed E-state index contributed by atoms with van der Waals surface area (Å²) in [5.41, 5.74) is -0.247. The molecule has 0 aromatic heterocycles. The molecule has 0 aliphatic rings. The molecule has 0 atom stereocenters. The number of rotatable bonds is 5. The van der Waals surface area contributed by atoms with Gasteiger partial charge in [-0.3, -0.25) is 10.1 Å². The van der Waals surface area contributed by atoms with Gasteiger partial charge in [-0.25, -0.2) is 13.1 Å². The third-order valence-corrected chi connectivity index (χ3v) is 4.29. The van der Waals surface area contributed by atoms with Crippen LogP contribution in [0.25, 0.3) is 0 Å². The molecule has 6 nitrogen and oxygen atoms in total. The molecular formula is C8H8ClIN2O4S. The van der Waals surface area contributed by atoms with Crippen molar-refractivity contribution in [2.45, 2.75) is 4.90 Å². The Morgan fingerprint density at radius 2 is 2.12 bits per heavy atom. The van der Waals surface area contributed by atoms with Crippen molar-refractivity contribution in [3.63, 3.8) is 0 Å². The summed E-state index contributed by atoms with van der Waals surface area (Å²) in [5.74, 6) is 0. The highest BCUT2D eigenvalue weighted by molar-refractivity contribution is 14.1. The zero-order valence-corrected chi connectivity index (χ0v) is 12.1. The second-order valence-corrected chi connectivity index (χ2v) is 6.18. The minimum absolute atomic E-state index is 0.158. The number of hydrogen-bond acceptors (Lipinski definition) is 4. The number of sulfonamides is 1. The molecule has 0 spiro atoms. The van der Waals surface area contributed by atoms with Gasteiger partial charge in [0.1, 0.15) is 4.90 Å². The molecule has 0 radical (unpaired) electrons. The molecule has 0 fully saturated rings. The molecule has 0 saturated carbocycles. The first-order valence-electron chi connectivity index (χ1n) is 4.38. The van der Waals surface area contributed by atoms with E-state index in [9.17, 15) is 18.5 Å². The molecule has 9 heteroatoms. The largest absolute Gasteiger partial charge is 0.271 e. The molecule has 1 rings (SSSR count). The van der Waals surface area contributed by atoms with Crippen LogP contribution in [0.2, 0.25) is 5.02 Å². The Hall–Kier alpha value is -0.450. The zero-order chi connectivity index (χ0) is 13.1. The average molecular weight is 391 g/mol. The highest BCUT2D eigenvalue weighted by Crippen LogP contribution is 2.25. The standard InChI is InChI=1S/C8H8ClIN2O4S/c9-7-5-6(12(13)14)1-2-8(7)17(15,16)11-4-3-10/h1-2,5,11H,3-4H2. The van der Waals surface area contributed by atoms with Crippen LogP contribution in [0.5, 0.6) is 0 Å². The number of nitro groups is 1. The van der Waals surface area contributed by atoms with Crippen LogP contribution in [0.15, 0.2) is 23.1 Å². The van der Waals surface area contributed by atoms with E-state index in [1.54, 1.807) is 0 Å². The number of nitrogens with zero attached hydrogens (tertiary/aromatic N) is 1. The lowest BCUT2D eigenvalue weighted by Gasteiger charge is -2.06. The van der Waals surface area contributed by atoms with Crippen LogP contribution in [0.3, 0.4) is 0 Å². The van der Waals surface area contributed by atoms with E-state index in [1.807, 2.05) is 22.6 Å². The van der Waals surface area contributed by atoms with Gasteiger partial charge < -0.3 is 0 Å². The molecule has 0 saturated heterocycles. The number of alkyl halides is 1. The average Bonchev–Trinajstić information content (AvgIpc) is 2.25. The molecule has 17 heavy (non-hydrogen) atoms. The second-order valence-electron chi connectivity index (χ2n) is 2.96. The van der Waals surface area contributed by atoms with Crippen LogP contribution in [0.4, 0.5) is 5.69 Å². The van der Waals surface area contributed by atoms with Crippen molar-refractivity contribution in [3.05, 3.63) is 33.3 Å². The Kier molecular flexibility index (Phi) is 5.10. The Labute approximate surface area is 117 Å². The number of halogens is 2. The van der Waals surface area contributed by atoms with Crippen LogP contribution >= 0.6 is 34.2 Å². The Morgan fingerprint density at radius 1 is 1.47 bits per heavy atom. The van der Waals surface area contributed by atoms with Crippen molar-refractivity contribution in [1.82, 2.24) is 4.72 Å². The molecule has 0 heterocycles. The van der Waals surface area contributed by atoms with E-state index >= 15 is 0 Å². The number of nitro benzene ring substituents is 1. The highest BCUT2D eigenvalue weighted by Gasteiger charge is 2.19. The fourth-order valence-electron chi connectivity index (χ4n) is 1.07. The zero-order valence-electron chi connectivity index (χ0n) is 8.39. The van der Waals surface area contributed by atoms with Gasteiger partial charge in [-0.15, -0.1) is 0 Å². The molecule has 0 aliphatic heterocycles. The topological polar surface area (TPSA) is 89.3 Å². The van der Waals surface area contributed by atoms with Gasteiger partial charge in [-0.05, 0) is 6.07 Å². The first-order chi connectivity index (χ1) is 7.88. The maximum atomic E-state index is 11.7. The smallest absolute Gasteiger partial charge is 0.258 e. The van der Waals surface area contributed by atoms with E-state index in [-0.39, 0.29) is 22.2 Å². The summed E-state index contributed by atoms with van der Waals surface area (Å²) in [6, 6.07) is 3.24. The van der Waals surface area contributed by atoms with Crippen molar-refractivity contribution >= 4 is 49.9 Å². The van der Waals surface area contributed by atoms with Gasteiger partial charge in [0.25, 0.3) is 5.69 Å². The van der Waals surface area contributed by atoms with Crippen molar-refractivity contribution < 1.29 is 13.3 Å². The van der Waals surface area contributed by atoms with Gasteiger partial charge in [0.15, 0.2) is 0 Å². The van der Waals surface area contributed by atoms with Gasteiger partial charge in [0.2, 0.25) is 10.0 Å². The molecule has 1 aromatic carbocycles. The first kappa shape index (κ1) is 14.6. The summed E-state index contributed by atoms with van der Waals surface area (Å²) >= 11 is 7.73. The SMILES string of the molecule is O=[N+]([O-])c1ccc(S(=O)(=O)NCCI)c(Cl)c1. The summed E-state index contributed by atoms with van der Waals surface area (Å²) in [5, 5.41) is 10.3. The predicted molar refractivity (Wildman–Crippen MR) is 72.2 cm³/mol. The summed E-state index contributed by atoms with van der Waals surface area (Å²) < 4.78 is 26.4. The highest BCUT2D eigenvalue weighted by atomic mass is 127. The van der Waals surface area contributed by atoms with Gasteiger partial charge in [-0.1, -0.05) is 34.2 Å². The van der Waals surface area contributed by atoms with Crippen molar-refractivity contribution in [1.29, 1.82) is 0 Å². The lowest BCUT2D eigenvalue weighted by Crippen LogP contribution is -2.25. The van der Waals surface area contributed by atoms with Crippen molar-refractivity contribution in [2.24, 2.45) is 0 Å². The number of non-ortho nitro benzene ring substituents is 1. The summed E-state index contributed by atoms with van der Waals surface area (Å²) in [4.78, 5) is 9.67. The summed E-state index contributed by atoms with van der Waals surface area (Å²) in [6.07, 6.45) is 0. The van der Waals surface area contributed by atoms with Crippen LogP contribution < -0.4 is 4.72 Å². The third kappa shape index (κ3) is 3.76. The number of nitrogens with one attached hydrogen (secondary N) is 1. The van der Waals surface area contributed by atoms with Gasteiger partial charge in [0.05, 0.1) is 9.95 Å². The van der Waals surface area contributed by atoms with E-state index in [1.165, 1.54) is 0 Å². The summed E-state index contributed by atoms with van der Waals surface area (Å²) in [7, 11) is -3.70. The maximum Gasteiger partial charge on any atom is 0.271 e. The van der Waals surface area contributed by atoms with E-state index < -0.39 is 14.9 Å². The quantitative estimate of drug-likeness (QED) is 0.360. The second kappa shape index (κ2) is 5.94. The minimum Gasteiger partial charge on any atom is -0.258 e. The molecule has 1 N–H and O–H groups in total. The van der Waals surface area contributed by atoms with Crippen LogP contribution in [-0.4, -0.2) is 24.3 Å². The predicted octanol–water partition coefficient (Wildman–Crippen LogP) is 1.96. The maximum absolute atomic E-state index is 11.7. The molecular weight excluding hydrogens is 383 g/mol. The molecule has 0 bridgehead atoms. The normalized spacial score (nSPS) is 11.4. The van der Waals surface area contributed by atoms with Gasteiger partial charge in [0, 0.05) is 23.1 Å². The summed E-state index contributed by atoms with van der Waals surface area (Å²) in [6.45, 7) is 0.274. The molecule has 94 valence electrons. The van der Waals surface area contributed by atoms with Crippen LogP contribution in [-0.2, 0) is 10.0 Å². The fourth-order valence-corrected chi connectivity index (χ4v) is 3.28. The van der Waals surface area contributed by atoms with Gasteiger partial charge >= 0.3 is 0 Å². The Bertz CT molecular complexity index is 534. The van der Waals surface area contributed by atoms with Gasteiger partial charge in [-0.2, -0.15) is 0 Å². The van der Waals surface area contributed by atoms with Crippen molar-refractivity contribution in [3.8, 4) is 0 Å². The van der Waals surface area contributed by atoms with E-state index in [4.69, 9.17) is 11.6 Å². The van der Waals surface area contributed by atoms with E-state index in [2.05, 4.69) is 4.72 Å². The van der Waals surface area contributed by atoms with Crippen molar-refractivity contribution in [2.75, 3.05) is 11.0 Å². The monoisotopic (exact) mass is 390 g/mol. The fraction of sp³-hybridized carbons (Fsp3) is 0.250. The van der Waals surface area contributed by atoms with Crippen LogP contribution in [0, 0.1) is 10.1 Å². The Morgan fingerprint density at radius 3 is 2.59 bits per heavy atom. The number of benzene rings is 1. The lowest BCUT2D eigenvalue weighted by atomic mass is 10.3. The lowest BCUT2D eigenvalue weighted by molar-refractivity contribution is -0.384. The molecule has 1 aromatic rings. The third-order valence-electron chi connectivity index (χ3n) is 1.80. The van der Waals surface area contributed by atoms with E-state index in [0.717, 1.165) is 18.2 Å². The first-order valence-corrected chi connectivity index (χ1v) is 7.76. The minimum atomic E-state index is -3.70. The molecule has 0 aliphatic carbocycles. The van der Waals surface area contributed by atoms with E-state index in [0.29, 0.717) is 4.43 Å². The molecule has 0 amide bonds. The molecule has 0 unspecified atom stereocenters. The Balaban J connectivity index is 3.12.